The Morgan fingerprint density at radius 3 is 2.64 bits per heavy atom. The van der Waals surface area contributed by atoms with E-state index in [-0.39, 0.29) is 5.91 Å². The van der Waals surface area contributed by atoms with Gasteiger partial charge in [0.1, 0.15) is 6.73 Å². The first kappa shape index (κ1) is 7.06. The van der Waals surface area contributed by atoms with Crippen LogP contribution >= 0.6 is 0 Å². The fourth-order valence-electron chi connectivity index (χ4n) is 1.67. The molecule has 1 spiro atoms. The van der Waals surface area contributed by atoms with Gasteiger partial charge in [-0.15, -0.1) is 0 Å². The highest BCUT2D eigenvalue weighted by molar-refractivity contribution is 5.86. The van der Waals surface area contributed by atoms with Gasteiger partial charge in [-0.25, -0.2) is 0 Å². The molecule has 0 aromatic heterocycles. The second-order valence-electron chi connectivity index (χ2n) is 3.04. The van der Waals surface area contributed by atoms with Crippen molar-refractivity contribution in [3.8, 4) is 0 Å². The van der Waals surface area contributed by atoms with E-state index in [2.05, 4.69) is 10.6 Å². The van der Waals surface area contributed by atoms with Crippen LogP contribution in [0.15, 0.2) is 0 Å². The predicted molar refractivity (Wildman–Crippen MR) is 38.9 cm³/mol. The van der Waals surface area contributed by atoms with Gasteiger partial charge in [0.05, 0.1) is 0 Å². The van der Waals surface area contributed by atoms with Crippen LogP contribution in [-0.2, 0) is 9.53 Å². The zero-order valence-electron chi connectivity index (χ0n) is 6.35. The molecule has 2 aliphatic rings. The van der Waals surface area contributed by atoms with Crippen LogP contribution in [0.2, 0.25) is 0 Å². The molecule has 4 heteroatoms. The number of carbonyl (C=O) groups is 1. The van der Waals surface area contributed by atoms with E-state index >= 15 is 0 Å². The van der Waals surface area contributed by atoms with Crippen molar-refractivity contribution in [2.45, 2.75) is 18.4 Å². The number of nitrogens with one attached hydrogen (secondary N) is 2. The molecule has 2 heterocycles. The van der Waals surface area contributed by atoms with Crippen molar-refractivity contribution in [2.24, 2.45) is 0 Å². The van der Waals surface area contributed by atoms with E-state index in [0.29, 0.717) is 6.73 Å². The van der Waals surface area contributed by atoms with Crippen molar-refractivity contribution in [3.63, 3.8) is 0 Å². The summed E-state index contributed by atoms with van der Waals surface area (Å²) in [7, 11) is 0. The lowest BCUT2D eigenvalue weighted by Crippen LogP contribution is -2.47. The number of hydrogen-bond donors (Lipinski definition) is 2. The van der Waals surface area contributed by atoms with Crippen LogP contribution in [-0.4, -0.2) is 31.3 Å². The molecule has 0 aromatic rings. The third kappa shape index (κ3) is 1.02. The highest BCUT2D eigenvalue weighted by Gasteiger charge is 2.44. The first-order chi connectivity index (χ1) is 5.33. The fourth-order valence-corrected chi connectivity index (χ4v) is 1.67. The lowest BCUT2D eigenvalue weighted by Gasteiger charge is -2.29. The average Bonchev–Trinajstić information content (AvgIpc) is 2.36. The topological polar surface area (TPSA) is 50.4 Å². The summed E-state index contributed by atoms with van der Waals surface area (Å²) in [6.45, 7) is 2.15. The zero-order chi connectivity index (χ0) is 7.73. The Bertz CT molecular complexity index is 175. The van der Waals surface area contributed by atoms with Crippen LogP contribution in [0.5, 0.6) is 0 Å². The van der Waals surface area contributed by atoms with Gasteiger partial charge in [0.2, 0.25) is 0 Å². The van der Waals surface area contributed by atoms with E-state index in [0.717, 1.165) is 25.9 Å². The molecule has 0 saturated carbocycles. The number of rotatable bonds is 0. The number of amides is 1. The maximum atomic E-state index is 11.3. The lowest BCUT2D eigenvalue weighted by molar-refractivity contribution is -0.134. The van der Waals surface area contributed by atoms with Gasteiger partial charge in [0, 0.05) is 0 Å². The molecular weight excluding hydrogens is 144 g/mol. The summed E-state index contributed by atoms with van der Waals surface area (Å²) >= 11 is 0. The summed E-state index contributed by atoms with van der Waals surface area (Å²) in [6, 6.07) is 0. The molecule has 2 aliphatic heterocycles. The number of hydrogen-bond acceptors (Lipinski definition) is 3. The second-order valence-corrected chi connectivity index (χ2v) is 3.04. The smallest absolute Gasteiger partial charge is 0.254 e. The third-order valence-electron chi connectivity index (χ3n) is 2.41. The van der Waals surface area contributed by atoms with Crippen molar-refractivity contribution >= 4 is 5.91 Å². The minimum atomic E-state index is -0.481. The molecule has 2 fully saturated rings. The van der Waals surface area contributed by atoms with Gasteiger partial charge in [0.15, 0.2) is 5.60 Å². The van der Waals surface area contributed by atoms with Crippen molar-refractivity contribution in [2.75, 3.05) is 19.8 Å². The highest BCUT2D eigenvalue weighted by Crippen LogP contribution is 2.26. The summed E-state index contributed by atoms with van der Waals surface area (Å²) in [5.74, 6) is 0.0685. The fraction of sp³-hybridized carbons (Fsp3) is 0.857. The van der Waals surface area contributed by atoms with E-state index in [1.54, 1.807) is 0 Å². The SMILES string of the molecule is O=C1NCOC12CCNCC2. The molecule has 0 aliphatic carbocycles. The monoisotopic (exact) mass is 156 g/mol. The van der Waals surface area contributed by atoms with E-state index in [1.807, 2.05) is 0 Å². The van der Waals surface area contributed by atoms with Crippen LogP contribution in [0.1, 0.15) is 12.8 Å². The molecule has 0 atom stereocenters. The van der Waals surface area contributed by atoms with Crippen LogP contribution in [0.3, 0.4) is 0 Å². The largest absolute Gasteiger partial charge is 0.345 e. The molecule has 2 N–H and O–H groups in total. The molecular formula is C7H12N2O2. The number of carbonyl (C=O) groups excluding carboxylic acids is 1. The Labute approximate surface area is 65.3 Å². The molecule has 0 unspecified atom stereocenters. The lowest BCUT2D eigenvalue weighted by atomic mass is 9.92. The van der Waals surface area contributed by atoms with E-state index < -0.39 is 5.60 Å². The average molecular weight is 156 g/mol. The summed E-state index contributed by atoms with van der Waals surface area (Å²) in [5.41, 5.74) is -0.481. The first-order valence-electron chi connectivity index (χ1n) is 3.96. The third-order valence-corrected chi connectivity index (χ3v) is 2.41. The van der Waals surface area contributed by atoms with Gasteiger partial charge in [-0.05, 0) is 25.9 Å². The standard InChI is InChI=1S/C7H12N2O2/c10-6-7(11-5-9-6)1-3-8-4-2-7/h8H,1-5H2,(H,9,10). The van der Waals surface area contributed by atoms with E-state index in [4.69, 9.17) is 4.74 Å². The summed E-state index contributed by atoms with van der Waals surface area (Å²) in [6.07, 6.45) is 1.61. The number of piperidine rings is 1. The van der Waals surface area contributed by atoms with Crippen molar-refractivity contribution in [1.82, 2.24) is 10.6 Å². The maximum absolute atomic E-state index is 11.3. The molecule has 0 aromatic carbocycles. The molecule has 0 radical (unpaired) electrons. The van der Waals surface area contributed by atoms with Gasteiger partial charge in [0.25, 0.3) is 5.91 Å². The van der Waals surface area contributed by atoms with Crippen LogP contribution in [0, 0.1) is 0 Å². The molecule has 1 amide bonds. The van der Waals surface area contributed by atoms with Gasteiger partial charge < -0.3 is 15.4 Å². The molecule has 4 nitrogen and oxygen atoms in total. The van der Waals surface area contributed by atoms with Gasteiger partial charge in [-0.2, -0.15) is 0 Å². The van der Waals surface area contributed by atoms with E-state index in [1.165, 1.54) is 0 Å². The van der Waals surface area contributed by atoms with Crippen LogP contribution in [0.25, 0.3) is 0 Å². The minimum Gasteiger partial charge on any atom is -0.345 e. The Morgan fingerprint density at radius 2 is 2.09 bits per heavy atom. The molecule has 11 heavy (non-hydrogen) atoms. The van der Waals surface area contributed by atoms with Crippen molar-refractivity contribution in [1.29, 1.82) is 0 Å². The minimum absolute atomic E-state index is 0.0685. The van der Waals surface area contributed by atoms with Crippen molar-refractivity contribution in [3.05, 3.63) is 0 Å². The zero-order valence-corrected chi connectivity index (χ0v) is 6.35. The quantitative estimate of drug-likeness (QED) is 0.483. The molecule has 62 valence electrons. The Hall–Kier alpha value is -0.610. The Morgan fingerprint density at radius 1 is 1.36 bits per heavy atom. The Balaban J connectivity index is 2.12. The maximum Gasteiger partial charge on any atom is 0.254 e. The van der Waals surface area contributed by atoms with Crippen LogP contribution < -0.4 is 10.6 Å². The van der Waals surface area contributed by atoms with Gasteiger partial charge in [-0.3, -0.25) is 4.79 Å². The Kier molecular flexibility index (Phi) is 1.58. The summed E-state index contributed by atoms with van der Waals surface area (Å²) in [4.78, 5) is 11.3. The van der Waals surface area contributed by atoms with Crippen LogP contribution in [0.4, 0.5) is 0 Å². The van der Waals surface area contributed by atoms with Gasteiger partial charge in [-0.1, -0.05) is 0 Å². The van der Waals surface area contributed by atoms with Gasteiger partial charge >= 0.3 is 0 Å². The molecule has 2 rings (SSSR count). The second kappa shape index (κ2) is 2.46. The number of ether oxygens (including phenoxy) is 1. The first-order valence-corrected chi connectivity index (χ1v) is 3.96. The normalized spacial score (nSPS) is 28.9. The summed E-state index contributed by atoms with van der Waals surface area (Å²) in [5, 5.41) is 5.89. The summed E-state index contributed by atoms with van der Waals surface area (Å²) < 4.78 is 5.39. The predicted octanol–water partition coefficient (Wildman–Crippen LogP) is -0.788. The highest BCUT2D eigenvalue weighted by atomic mass is 16.5. The molecule has 0 bridgehead atoms. The van der Waals surface area contributed by atoms with Crippen molar-refractivity contribution < 1.29 is 9.53 Å². The molecule has 2 saturated heterocycles. The van der Waals surface area contributed by atoms with E-state index in [9.17, 15) is 4.79 Å².